The summed E-state index contributed by atoms with van der Waals surface area (Å²) in [5, 5.41) is 0. The highest BCUT2D eigenvalue weighted by molar-refractivity contribution is 6.18. The van der Waals surface area contributed by atoms with Crippen LogP contribution in [-0.4, -0.2) is 23.9 Å². The molecule has 1 aromatic carbocycles. The van der Waals surface area contributed by atoms with Crippen molar-refractivity contribution in [2.24, 2.45) is 5.92 Å². The van der Waals surface area contributed by atoms with Crippen LogP contribution in [-0.2, 0) is 13.0 Å². The van der Waals surface area contributed by atoms with Gasteiger partial charge in [0.2, 0.25) is 0 Å². The molecule has 1 atom stereocenters. The van der Waals surface area contributed by atoms with Crippen molar-refractivity contribution in [2.45, 2.75) is 32.7 Å². The predicted octanol–water partition coefficient (Wildman–Crippen LogP) is 3.70. The molecule has 0 aliphatic carbocycles. The first-order valence-corrected chi connectivity index (χ1v) is 7.21. The van der Waals surface area contributed by atoms with Crippen molar-refractivity contribution >= 4 is 11.6 Å². The smallest absolute Gasteiger partial charge is 0.0263 e. The summed E-state index contributed by atoms with van der Waals surface area (Å²) in [7, 11) is 0. The molecule has 1 aliphatic rings. The van der Waals surface area contributed by atoms with Gasteiger partial charge in [-0.3, -0.25) is 4.90 Å². The number of likely N-dealkylation sites (tertiary alicyclic amines) is 1. The lowest BCUT2D eigenvalue weighted by Gasteiger charge is -2.31. The lowest BCUT2D eigenvalue weighted by atomic mass is 9.99. The summed E-state index contributed by atoms with van der Waals surface area (Å²) >= 11 is 5.96. The normalized spacial score (nSPS) is 21.6. The molecule has 1 aliphatic heterocycles. The molecule has 1 unspecified atom stereocenters. The maximum absolute atomic E-state index is 5.96. The molecule has 1 fully saturated rings. The van der Waals surface area contributed by atoms with Crippen LogP contribution < -0.4 is 0 Å². The van der Waals surface area contributed by atoms with Gasteiger partial charge >= 0.3 is 0 Å². The maximum atomic E-state index is 5.96. The molecule has 0 bridgehead atoms. The van der Waals surface area contributed by atoms with Crippen molar-refractivity contribution in [2.75, 3.05) is 19.0 Å². The van der Waals surface area contributed by atoms with Crippen LogP contribution in [0.2, 0.25) is 0 Å². The number of hydrogen-bond acceptors (Lipinski definition) is 1. The summed E-state index contributed by atoms with van der Waals surface area (Å²) in [6, 6.07) is 9.03. The molecule has 1 nitrogen and oxygen atoms in total. The highest BCUT2D eigenvalue weighted by Crippen LogP contribution is 2.19. The summed E-state index contributed by atoms with van der Waals surface area (Å²) < 4.78 is 0. The number of halogens is 1. The van der Waals surface area contributed by atoms with Gasteiger partial charge in [0, 0.05) is 19.0 Å². The Morgan fingerprint density at radius 1 is 1.24 bits per heavy atom. The van der Waals surface area contributed by atoms with Gasteiger partial charge in [0.1, 0.15) is 0 Å². The van der Waals surface area contributed by atoms with Gasteiger partial charge in [-0.25, -0.2) is 0 Å². The Bertz CT molecular complexity index is 333. The molecule has 2 heteroatoms. The minimum absolute atomic E-state index is 0.695. The van der Waals surface area contributed by atoms with Crippen molar-refractivity contribution in [3.05, 3.63) is 35.4 Å². The number of hydrogen-bond donors (Lipinski definition) is 0. The number of piperidine rings is 1. The maximum Gasteiger partial charge on any atom is 0.0263 e. The van der Waals surface area contributed by atoms with E-state index in [0.29, 0.717) is 5.92 Å². The number of benzene rings is 1. The monoisotopic (exact) mass is 251 g/mol. The summed E-state index contributed by atoms with van der Waals surface area (Å²) in [6.45, 7) is 5.67. The Morgan fingerprint density at radius 2 is 1.94 bits per heavy atom. The molecule has 1 heterocycles. The number of rotatable bonds is 4. The molecule has 0 radical (unpaired) electrons. The first-order valence-electron chi connectivity index (χ1n) is 6.68. The molecule has 1 aromatic rings. The van der Waals surface area contributed by atoms with Gasteiger partial charge in [-0.15, -0.1) is 11.6 Å². The van der Waals surface area contributed by atoms with E-state index >= 15 is 0 Å². The quantitative estimate of drug-likeness (QED) is 0.738. The predicted molar refractivity (Wildman–Crippen MR) is 74.5 cm³/mol. The molecule has 0 spiro atoms. The van der Waals surface area contributed by atoms with E-state index in [0.717, 1.165) is 18.8 Å². The second-order valence-corrected chi connectivity index (χ2v) is 5.38. The van der Waals surface area contributed by atoms with Gasteiger partial charge in [0.15, 0.2) is 0 Å². The molecule has 1 saturated heterocycles. The fourth-order valence-corrected chi connectivity index (χ4v) is 2.81. The Balaban J connectivity index is 1.90. The standard InChI is InChI=1S/C15H22ClN/c1-2-13-5-7-14(8-6-13)11-17-9-3-4-15(10-16)12-17/h5-8,15H,2-4,9-12H2,1H3. The first kappa shape index (κ1) is 12.9. The molecule has 0 aromatic heterocycles. The second kappa shape index (κ2) is 6.42. The molecule has 94 valence electrons. The van der Waals surface area contributed by atoms with Crippen LogP contribution in [0.3, 0.4) is 0 Å². The minimum atomic E-state index is 0.695. The van der Waals surface area contributed by atoms with E-state index in [1.54, 1.807) is 0 Å². The van der Waals surface area contributed by atoms with E-state index < -0.39 is 0 Å². The lowest BCUT2D eigenvalue weighted by Crippen LogP contribution is -2.35. The van der Waals surface area contributed by atoms with E-state index in [4.69, 9.17) is 11.6 Å². The van der Waals surface area contributed by atoms with Gasteiger partial charge in [-0.1, -0.05) is 31.2 Å². The Morgan fingerprint density at radius 3 is 2.59 bits per heavy atom. The molecule has 17 heavy (non-hydrogen) atoms. The van der Waals surface area contributed by atoms with E-state index in [9.17, 15) is 0 Å². The third-order valence-electron chi connectivity index (χ3n) is 3.66. The third-order valence-corrected chi connectivity index (χ3v) is 4.10. The van der Waals surface area contributed by atoms with Crippen LogP contribution in [0.15, 0.2) is 24.3 Å². The highest BCUT2D eigenvalue weighted by atomic mass is 35.5. The van der Waals surface area contributed by atoms with Crippen LogP contribution in [0, 0.1) is 5.92 Å². The zero-order valence-electron chi connectivity index (χ0n) is 10.7. The molecule has 0 N–H and O–H groups in total. The molecule has 0 saturated carbocycles. The van der Waals surface area contributed by atoms with Gasteiger partial charge < -0.3 is 0 Å². The summed E-state index contributed by atoms with van der Waals surface area (Å²) in [4.78, 5) is 2.54. The molecule has 2 rings (SSSR count). The van der Waals surface area contributed by atoms with Gasteiger partial charge in [0.05, 0.1) is 0 Å². The number of alkyl halides is 1. The lowest BCUT2D eigenvalue weighted by molar-refractivity contribution is 0.178. The topological polar surface area (TPSA) is 3.24 Å². The van der Waals surface area contributed by atoms with Crippen molar-refractivity contribution in [3.63, 3.8) is 0 Å². The van der Waals surface area contributed by atoms with Crippen LogP contribution in [0.25, 0.3) is 0 Å². The van der Waals surface area contributed by atoms with Crippen molar-refractivity contribution < 1.29 is 0 Å². The average Bonchev–Trinajstić information content (AvgIpc) is 2.40. The highest BCUT2D eigenvalue weighted by Gasteiger charge is 2.18. The van der Waals surface area contributed by atoms with E-state index in [2.05, 4.69) is 36.1 Å². The van der Waals surface area contributed by atoms with Crippen molar-refractivity contribution in [1.82, 2.24) is 4.90 Å². The minimum Gasteiger partial charge on any atom is -0.299 e. The number of nitrogens with zero attached hydrogens (tertiary/aromatic N) is 1. The fourth-order valence-electron chi connectivity index (χ4n) is 2.56. The van der Waals surface area contributed by atoms with E-state index in [1.807, 2.05) is 0 Å². The third kappa shape index (κ3) is 3.72. The van der Waals surface area contributed by atoms with Gasteiger partial charge in [0.25, 0.3) is 0 Å². The van der Waals surface area contributed by atoms with Gasteiger partial charge in [-0.05, 0) is 42.9 Å². The largest absolute Gasteiger partial charge is 0.299 e. The van der Waals surface area contributed by atoms with Crippen LogP contribution in [0.4, 0.5) is 0 Å². The van der Waals surface area contributed by atoms with Crippen LogP contribution in [0.1, 0.15) is 30.9 Å². The van der Waals surface area contributed by atoms with Crippen molar-refractivity contribution in [3.8, 4) is 0 Å². The van der Waals surface area contributed by atoms with Crippen LogP contribution in [0.5, 0.6) is 0 Å². The number of aryl methyl sites for hydroxylation is 1. The summed E-state index contributed by atoms with van der Waals surface area (Å²) in [6.07, 6.45) is 3.72. The van der Waals surface area contributed by atoms with Crippen molar-refractivity contribution in [1.29, 1.82) is 0 Å². The molecule has 0 amide bonds. The van der Waals surface area contributed by atoms with E-state index in [1.165, 1.54) is 37.1 Å². The Hall–Kier alpha value is -0.530. The summed E-state index contributed by atoms with van der Waals surface area (Å²) in [5.41, 5.74) is 2.85. The second-order valence-electron chi connectivity index (χ2n) is 5.07. The Labute approximate surface area is 110 Å². The zero-order valence-corrected chi connectivity index (χ0v) is 11.4. The van der Waals surface area contributed by atoms with Gasteiger partial charge in [-0.2, -0.15) is 0 Å². The molecular formula is C15H22ClN. The fraction of sp³-hybridized carbons (Fsp3) is 0.600. The zero-order chi connectivity index (χ0) is 12.1. The summed E-state index contributed by atoms with van der Waals surface area (Å²) in [5.74, 6) is 1.51. The van der Waals surface area contributed by atoms with E-state index in [-0.39, 0.29) is 0 Å². The Kier molecular flexibility index (Phi) is 4.87. The molecular weight excluding hydrogens is 230 g/mol. The SMILES string of the molecule is CCc1ccc(CN2CCCC(CCl)C2)cc1. The first-order chi connectivity index (χ1) is 8.31. The average molecular weight is 252 g/mol. The van der Waals surface area contributed by atoms with Crippen LogP contribution >= 0.6 is 11.6 Å².